The van der Waals surface area contributed by atoms with E-state index in [1.165, 1.54) is 0 Å². The lowest BCUT2D eigenvalue weighted by atomic mass is 9.74. The first kappa shape index (κ1) is 17.1. The van der Waals surface area contributed by atoms with Crippen LogP contribution in [0.3, 0.4) is 0 Å². The fraction of sp³-hybridized carbons (Fsp3) is 0.182. The van der Waals surface area contributed by atoms with E-state index >= 15 is 0 Å². The molecule has 1 fully saturated rings. The molecule has 148 valence electrons. The molecule has 0 bridgehead atoms. The molecule has 0 saturated carbocycles. The van der Waals surface area contributed by atoms with Gasteiger partial charge < -0.3 is 15.0 Å². The number of ketones is 1. The number of fused-ring (bicyclic) bond motifs is 3. The van der Waals surface area contributed by atoms with Crippen LogP contribution in [0.1, 0.15) is 17.0 Å². The molecule has 2 aliphatic heterocycles. The first-order valence-electron chi connectivity index (χ1n) is 9.83. The fourth-order valence-electron chi connectivity index (χ4n) is 4.37. The number of nitrogens with one attached hydrogen (secondary N) is 3. The number of carbonyl (C=O) groups excluding carboxylic acids is 1. The van der Waals surface area contributed by atoms with Crippen LogP contribution in [0.2, 0.25) is 0 Å². The molecule has 0 spiro atoms. The molecular weight excluding hydrogens is 380 g/mol. The standard InChI is InChI=1S/C22H18N6O2/c29-18-11-23-10-17-20(18)19(14-9-24-28-21(14)25-17)12-4-3-5-13(8-12)30-22-26-15-6-1-2-7-16(15)27-22/h1-9,19-20,23H,10-11H2,(H,24,28)(H,26,27). The number of imidazole rings is 1. The van der Waals surface area contributed by atoms with Gasteiger partial charge in [0, 0.05) is 23.7 Å². The Balaban J connectivity index is 1.39. The zero-order valence-corrected chi connectivity index (χ0v) is 15.9. The minimum absolute atomic E-state index is 0.139. The van der Waals surface area contributed by atoms with Crippen LogP contribution in [-0.2, 0) is 4.79 Å². The summed E-state index contributed by atoms with van der Waals surface area (Å²) in [6.07, 6.45) is 1.77. The summed E-state index contributed by atoms with van der Waals surface area (Å²) in [6, 6.07) is 16.0. The second kappa shape index (κ2) is 6.64. The summed E-state index contributed by atoms with van der Waals surface area (Å²) >= 11 is 0. The molecule has 0 aliphatic carbocycles. The molecule has 6 rings (SSSR count). The second-order valence-corrected chi connectivity index (χ2v) is 7.54. The third kappa shape index (κ3) is 2.73. The van der Waals surface area contributed by atoms with Gasteiger partial charge in [-0.05, 0) is 29.8 Å². The maximum absolute atomic E-state index is 12.8. The van der Waals surface area contributed by atoms with Crippen molar-refractivity contribution in [1.82, 2.24) is 25.5 Å². The van der Waals surface area contributed by atoms with Gasteiger partial charge in [0.05, 0.1) is 29.7 Å². The van der Waals surface area contributed by atoms with Crippen LogP contribution in [-0.4, -0.2) is 44.7 Å². The number of para-hydroxylation sites is 2. The van der Waals surface area contributed by atoms with Crippen LogP contribution in [0.15, 0.2) is 59.7 Å². The van der Waals surface area contributed by atoms with Gasteiger partial charge in [-0.25, -0.2) is 4.99 Å². The third-order valence-electron chi connectivity index (χ3n) is 5.68. The Labute approximate surface area is 171 Å². The Morgan fingerprint density at radius 1 is 1.03 bits per heavy atom. The number of H-pyrrole nitrogens is 2. The van der Waals surface area contributed by atoms with Crippen LogP contribution >= 0.6 is 0 Å². The summed E-state index contributed by atoms with van der Waals surface area (Å²) in [4.78, 5) is 25.1. The Morgan fingerprint density at radius 2 is 1.97 bits per heavy atom. The summed E-state index contributed by atoms with van der Waals surface area (Å²) in [5, 5.41) is 10.3. The highest BCUT2D eigenvalue weighted by molar-refractivity contribution is 6.11. The molecule has 0 radical (unpaired) electrons. The van der Waals surface area contributed by atoms with Crippen molar-refractivity contribution in [2.75, 3.05) is 13.1 Å². The molecule has 8 nitrogen and oxygen atoms in total. The molecule has 4 aromatic rings. The first-order valence-corrected chi connectivity index (χ1v) is 9.83. The number of nitrogens with zero attached hydrogens (tertiary/aromatic N) is 3. The summed E-state index contributed by atoms with van der Waals surface area (Å²) in [6.45, 7) is 0.948. The largest absolute Gasteiger partial charge is 0.426 e. The van der Waals surface area contributed by atoms with Crippen LogP contribution in [0, 0.1) is 5.92 Å². The predicted octanol–water partition coefficient (Wildman–Crippen LogP) is 3.08. The fourth-order valence-corrected chi connectivity index (χ4v) is 4.37. The van der Waals surface area contributed by atoms with Gasteiger partial charge in [0.25, 0.3) is 6.01 Å². The quantitative estimate of drug-likeness (QED) is 0.491. The molecule has 1 saturated heterocycles. The maximum atomic E-state index is 12.8. The van der Waals surface area contributed by atoms with E-state index in [9.17, 15) is 4.79 Å². The first-order chi connectivity index (χ1) is 14.8. The van der Waals surface area contributed by atoms with Crippen molar-refractivity contribution in [2.45, 2.75) is 5.92 Å². The topological polar surface area (TPSA) is 108 Å². The smallest absolute Gasteiger partial charge is 0.300 e. The minimum Gasteiger partial charge on any atom is -0.426 e. The van der Waals surface area contributed by atoms with Gasteiger partial charge in [-0.1, -0.05) is 24.3 Å². The van der Waals surface area contributed by atoms with Crippen molar-refractivity contribution in [3.8, 4) is 11.8 Å². The Kier molecular flexibility index (Phi) is 3.78. The van der Waals surface area contributed by atoms with Crippen molar-refractivity contribution >= 4 is 28.3 Å². The van der Waals surface area contributed by atoms with Crippen molar-refractivity contribution in [1.29, 1.82) is 0 Å². The zero-order chi connectivity index (χ0) is 20.1. The molecule has 2 aromatic carbocycles. The van der Waals surface area contributed by atoms with E-state index in [1.807, 2.05) is 48.5 Å². The van der Waals surface area contributed by atoms with Crippen molar-refractivity contribution in [3.63, 3.8) is 0 Å². The molecule has 2 atom stereocenters. The van der Waals surface area contributed by atoms with Crippen molar-refractivity contribution in [2.24, 2.45) is 10.9 Å². The van der Waals surface area contributed by atoms with E-state index in [0.717, 1.165) is 27.9 Å². The summed E-state index contributed by atoms with van der Waals surface area (Å²) in [7, 11) is 0. The molecule has 2 aromatic heterocycles. The van der Waals surface area contributed by atoms with Gasteiger partial charge in [-0.15, -0.1) is 0 Å². The number of hydrogen-bond donors (Lipinski definition) is 3. The van der Waals surface area contributed by atoms with E-state index in [2.05, 4.69) is 30.5 Å². The highest BCUT2D eigenvalue weighted by Crippen LogP contribution is 2.43. The predicted molar refractivity (Wildman–Crippen MR) is 112 cm³/mol. The number of ether oxygens (including phenoxy) is 1. The highest BCUT2D eigenvalue weighted by atomic mass is 16.5. The molecule has 0 amide bonds. The number of benzene rings is 2. The average molecular weight is 398 g/mol. The van der Waals surface area contributed by atoms with Crippen LogP contribution < -0.4 is 10.1 Å². The average Bonchev–Trinajstić information content (AvgIpc) is 3.38. The molecule has 2 aliphatic rings. The highest BCUT2D eigenvalue weighted by Gasteiger charge is 2.41. The number of hydrogen-bond acceptors (Lipinski definition) is 6. The van der Waals surface area contributed by atoms with Crippen molar-refractivity contribution in [3.05, 3.63) is 65.9 Å². The molecule has 30 heavy (non-hydrogen) atoms. The Hall–Kier alpha value is -3.78. The van der Waals surface area contributed by atoms with E-state index < -0.39 is 0 Å². The molecule has 4 heterocycles. The summed E-state index contributed by atoms with van der Waals surface area (Å²) < 4.78 is 6.01. The van der Waals surface area contributed by atoms with Gasteiger partial charge >= 0.3 is 0 Å². The van der Waals surface area contributed by atoms with Gasteiger partial charge in [-0.2, -0.15) is 10.1 Å². The maximum Gasteiger partial charge on any atom is 0.300 e. The van der Waals surface area contributed by atoms with E-state index in [0.29, 0.717) is 30.7 Å². The summed E-state index contributed by atoms with van der Waals surface area (Å²) in [5.74, 6) is 1.06. The van der Waals surface area contributed by atoms with Crippen LogP contribution in [0.25, 0.3) is 11.0 Å². The zero-order valence-electron chi connectivity index (χ0n) is 15.9. The van der Waals surface area contributed by atoms with Gasteiger partial charge in [-0.3, -0.25) is 9.89 Å². The molecule has 2 unspecified atom stereocenters. The number of rotatable bonds is 3. The van der Waals surface area contributed by atoms with E-state index in [4.69, 9.17) is 4.74 Å². The third-order valence-corrected chi connectivity index (χ3v) is 5.68. The molecule has 8 heteroatoms. The van der Waals surface area contributed by atoms with Crippen LogP contribution in [0.4, 0.5) is 5.82 Å². The number of aromatic amines is 2. The minimum atomic E-state index is -0.294. The monoisotopic (exact) mass is 398 g/mol. The lowest BCUT2D eigenvalue weighted by molar-refractivity contribution is -0.120. The summed E-state index contributed by atoms with van der Waals surface area (Å²) in [5.41, 5.74) is 4.52. The number of aromatic nitrogens is 4. The number of Topliss-reactive ketones (excluding diaryl/α,β-unsaturated/α-hetero) is 1. The lowest BCUT2D eigenvalue weighted by Gasteiger charge is -2.34. The van der Waals surface area contributed by atoms with E-state index in [1.54, 1.807) is 6.20 Å². The van der Waals surface area contributed by atoms with Crippen molar-refractivity contribution < 1.29 is 9.53 Å². The molecule has 3 N–H and O–H groups in total. The Morgan fingerprint density at radius 3 is 2.90 bits per heavy atom. The van der Waals surface area contributed by atoms with Gasteiger partial charge in [0.1, 0.15) is 5.75 Å². The normalized spacial score (nSPS) is 20.5. The van der Waals surface area contributed by atoms with Gasteiger partial charge in [0.15, 0.2) is 11.6 Å². The lowest BCUT2D eigenvalue weighted by Crippen LogP contribution is -2.48. The van der Waals surface area contributed by atoms with Gasteiger partial charge in [0.2, 0.25) is 0 Å². The van der Waals surface area contributed by atoms with Crippen LogP contribution in [0.5, 0.6) is 11.8 Å². The Bertz CT molecular complexity index is 1270. The molecular formula is C22H18N6O2. The second-order valence-electron chi connectivity index (χ2n) is 7.54. The number of carbonyl (C=O) groups is 1. The number of piperidine rings is 1. The number of aliphatic imine (C=N–C) groups is 1. The SMILES string of the molecule is O=C1CNCC2=Nc3[nH]ncc3C(c3cccc(Oc4nc5ccccc5[nH]4)c3)C12. The van der Waals surface area contributed by atoms with E-state index in [-0.39, 0.29) is 17.6 Å².